The Balaban J connectivity index is 1.94. The predicted molar refractivity (Wildman–Crippen MR) is 85.1 cm³/mol. The lowest BCUT2D eigenvalue weighted by Gasteiger charge is -2.00. The zero-order valence-electron chi connectivity index (χ0n) is 10.9. The fourth-order valence-corrected chi connectivity index (χ4v) is 2.31. The van der Waals surface area contributed by atoms with Crippen molar-refractivity contribution in [3.8, 4) is 0 Å². The van der Waals surface area contributed by atoms with Gasteiger partial charge >= 0.3 is 0 Å². The van der Waals surface area contributed by atoms with E-state index in [-0.39, 0.29) is 0 Å². The number of aryl methyl sites for hydroxylation is 1. The van der Waals surface area contributed by atoms with E-state index in [1.807, 2.05) is 43.5 Å². The third-order valence-corrected chi connectivity index (χ3v) is 3.40. The van der Waals surface area contributed by atoms with E-state index in [1.165, 1.54) is 0 Å². The molecular formula is C16H12BrN3. The second kappa shape index (κ2) is 5.51. The standard InChI is InChI=1S/C16H12BrN3/c1-11-6-7-18-16(20-11)5-2-12-8-13-9-14(17)3-4-15(13)19-10-12/h2-10H,1H3/b5-2+. The summed E-state index contributed by atoms with van der Waals surface area (Å²) in [6.07, 6.45) is 7.48. The van der Waals surface area contributed by atoms with Gasteiger partial charge in [0.25, 0.3) is 0 Å². The van der Waals surface area contributed by atoms with Gasteiger partial charge in [-0.2, -0.15) is 0 Å². The first-order valence-corrected chi connectivity index (χ1v) is 7.03. The summed E-state index contributed by atoms with van der Waals surface area (Å²) in [7, 11) is 0. The van der Waals surface area contributed by atoms with Gasteiger partial charge in [0.1, 0.15) is 0 Å². The van der Waals surface area contributed by atoms with Gasteiger partial charge in [0, 0.05) is 27.9 Å². The third-order valence-electron chi connectivity index (χ3n) is 2.90. The first-order chi connectivity index (χ1) is 9.70. The average Bonchev–Trinajstić information content (AvgIpc) is 2.45. The van der Waals surface area contributed by atoms with Crippen molar-refractivity contribution in [2.45, 2.75) is 6.92 Å². The van der Waals surface area contributed by atoms with Gasteiger partial charge in [-0.15, -0.1) is 0 Å². The fraction of sp³-hybridized carbons (Fsp3) is 0.0625. The van der Waals surface area contributed by atoms with Crippen molar-refractivity contribution in [3.63, 3.8) is 0 Å². The second-order valence-electron chi connectivity index (χ2n) is 4.50. The molecule has 0 fully saturated rings. The van der Waals surface area contributed by atoms with E-state index in [1.54, 1.807) is 6.20 Å². The summed E-state index contributed by atoms with van der Waals surface area (Å²) in [6.45, 7) is 1.95. The number of fused-ring (bicyclic) bond motifs is 1. The topological polar surface area (TPSA) is 38.7 Å². The van der Waals surface area contributed by atoms with Crippen molar-refractivity contribution in [3.05, 3.63) is 64.3 Å². The molecule has 0 saturated heterocycles. The summed E-state index contributed by atoms with van der Waals surface area (Å²) < 4.78 is 1.05. The minimum Gasteiger partial charge on any atom is -0.256 e. The Labute approximate surface area is 125 Å². The third kappa shape index (κ3) is 2.91. The highest BCUT2D eigenvalue weighted by atomic mass is 79.9. The van der Waals surface area contributed by atoms with Crippen LogP contribution in [0.2, 0.25) is 0 Å². The molecule has 0 bridgehead atoms. The fourth-order valence-electron chi connectivity index (χ4n) is 1.93. The van der Waals surface area contributed by atoms with Crippen molar-refractivity contribution in [2.75, 3.05) is 0 Å². The lowest BCUT2D eigenvalue weighted by Crippen LogP contribution is -1.88. The maximum absolute atomic E-state index is 4.44. The molecule has 2 aromatic heterocycles. The molecule has 0 spiro atoms. The summed E-state index contributed by atoms with van der Waals surface area (Å²) in [5, 5.41) is 1.10. The van der Waals surface area contributed by atoms with E-state index in [9.17, 15) is 0 Å². The van der Waals surface area contributed by atoms with Crippen LogP contribution in [0, 0.1) is 6.92 Å². The van der Waals surface area contributed by atoms with Crippen LogP contribution >= 0.6 is 15.9 Å². The van der Waals surface area contributed by atoms with E-state index in [0.29, 0.717) is 5.82 Å². The van der Waals surface area contributed by atoms with Crippen molar-refractivity contribution in [1.82, 2.24) is 15.0 Å². The molecule has 3 nitrogen and oxygen atoms in total. The highest BCUT2D eigenvalue weighted by molar-refractivity contribution is 9.10. The molecule has 3 aromatic rings. The molecule has 0 N–H and O–H groups in total. The number of benzene rings is 1. The number of nitrogens with zero attached hydrogens (tertiary/aromatic N) is 3. The molecule has 20 heavy (non-hydrogen) atoms. The molecule has 0 atom stereocenters. The van der Waals surface area contributed by atoms with Crippen molar-refractivity contribution in [1.29, 1.82) is 0 Å². The molecule has 98 valence electrons. The van der Waals surface area contributed by atoms with Gasteiger partial charge in [-0.05, 0) is 55.0 Å². The largest absolute Gasteiger partial charge is 0.256 e. The molecule has 2 heterocycles. The van der Waals surface area contributed by atoms with Gasteiger partial charge in [0.15, 0.2) is 5.82 Å². The monoisotopic (exact) mass is 325 g/mol. The van der Waals surface area contributed by atoms with Crippen molar-refractivity contribution < 1.29 is 0 Å². The number of pyridine rings is 1. The van der Waals surface area contributed by atoms with Gasteiger partial charge in [-0.25, -0.2) is 9.97 Å². The van der Waals surface area contributed by atoms with Crippen LogP contribution < -0.4 is 0 Å². The van der Waals surface area contributed by atoms with E-state index < -0.39 is 0 Å². The number of aromatic nitrogens is 3. The molecule has 0 saturated carbocycles. The molecular weight excluding hydrogens is 314 g/mol. The lowest BCUT2D eigenvalue weighted by molar-refractivity contribution is 1.08. The van der Waals surface area contributed by atoms with E-state index in [4.69, 9.17) is 0 Å². The molecule has 0 amide bonds. The Morgan fingerprint density at radius 2 is 1.95 bits per heavy atom. The van der Waals surface area contributed by atoms with Crippen LogP contribution in [-0.2, 0) is 0 Å². The molecule has 0 aliphatic heterocycles. The molecule has 0 unspecified atom stereocenters. The van der Waals surface area contributed by atoms with Crippen LogP contribution in [0.25, 0.3) is 23.1 Å². The van der Waals surface area contributed by atoms with Crippen LogP contribution in [-0.4, -0.2) is 15.0 Å². The molecule has 1 aromatic carbocycles. The van der Waals surface area contributed by atoms with Crippen LogP contribution in [0.3, 0.4) is 0 Å². The highest BCUT2D eigenvalue weighted by Gasteiger charge is 1.97. The van der Waals surface area contributed by atoms with Gasteiger partial charge in [-0.1, -0.05) is 15.9 Å². The Morgan fingerprint density at radius 3 is 2.80 bits per heavy atom. The van der Waals surface area contributed by atoms with Crippen LogP contribution in [0.15, 0.2) is 47.2 Å². The second-order valence-corrected chi connectivity index (χ2v) is 5.41. The maximum atomic E-state index is 4.44. The van der Waals surface area contributed by atoms with E-state index in [2.05, 4.69) is 43.0 Å². The molecule has 0 aliphatic carbocycles. The summed E-state index contributed by atoms with van der Waals surface area (Å²) in [5.74, 6) is 0.708. The van der Waals surface area contributed by atoms with Crippen LogP contribution in [0.1, 0.15) is 17.1 Å². The molecule has 4 heteroatoms. The van der Waals surface area contributed by atoms with Crippen LogP contribution in [0.5, 0.6) is 0 Å². The molecule has 3 rings (SSSR count). The normalized spacial score (nSPS) is 11.3. The number of hydrogen-bond donors (Lipinski definition) is 0. The highest BCUT2D eigenvalue weighted by Crippen LogP contribution is 2.19. The van der Waals surface area contributed by atoms with Gasteiger partial charge in [0.2, 0.25) is 0 Å². The zero-order chi connectivity index (χ0) is 13.9. The average molecular weight is 326 g/mol. The summed E-state index contributed by atoms with van der Waals surface area (Å²) in [5.41, 5.74) is 2.97. The maximum Gasteiger partial charge on any atom is 0.152 e. The predicted octanol–water partition coefficient (Wildman–Crippen LogP) is 4.27. The molecule has 0 aliphatic rings. The summed E-state index contributed by atoms with van der Waals surface area (Å²) in [6, 6.07) is 10.0. The number of hydrogen-bond acceptors (Lipinski definition) is 3. The Bertz CT molecular complexity index is 797. The molecule has 0 radical (unpaired) electrons. The SMILES string of the molecule is Cc1ccnc(/C=C/c2cnc3ccc(Br)cc3c2)n1. The van der Waals surface area contributed by atoms with E-state index >= 15 is 0 Å². The summed E-state index contributed by atoms with van der Waals surface area (Å²) in [4.78, 5) is 13.0. The van der Waals surface area contributed by atoms with Crippen molar-refractivity contribution >= 4 is 39.0 Å². The van der Waals surface area contributed by atoms with Crippen LogP contribution in [0.4, 0.5) is 0 Å². The quantitative estimate of drug-likeness (QED) is 0.706. The Hall–Kier alpha value is -2.07. The Kier molecular flexibility index (Phi) is 3.56. The number of halogens is 1. The summed E-state index contributed by atoms with van der Waals surface area (Å²) >= 11 is 3.47. The minimum absolute atomic E-state index is 0.708. The van der Waals surface area contributed by atoms with E-state index in [0.717, 1.165) is 26.6 Å². The zero-order valence-corrected chi connectivity index (χ0v) is 12.5. The van der Waals surface area contributed by atoms with Gasteiger partial charge in [0.05, 0.1) is 5.52 Å². The van der Waals surface area contributed by atoms with Crippen molar-refractivity contribution in [2.24, 2.45) is 0 Å². The van der Waals surface area contributed by atoms with Gasteiger partial charge < -0.3 is 0 Å². The minimum atomic E-state index is 0.708. The number of rotatable bonds is 2. The lowest BCUT2D eigenvalue weighted by atomic mass is 10.1. The Morgan fingerprint density at radius 1 is 1.05 bits per heavy atom. The first-order valence-electron chi connectivity index (χ1n) is 6.24. The van der Waals surface area contributed by atoms with Gasteiger partial charge in [-0.3, -0.25) is 4.98 Å². The smallest absolute Gasteiger partial charge is 0.152 e. The first kappa shape index (κ1) is 12.9.